The van der Waals surface area contributed by atoms with Gasteiger partial charge in [0.05, 0.1) is 24.2 Å². The van der Waals surface area contributed by atoms with Crippen molar-refractivity contribution >= 4 is 11.8 Å². The highest BCUT2D eigenvalue weighted by Crippen LogP contribution is 2.22. The maximum absolute atomic E-state index is 12.4. The molecule has 0 radical (unpaired) electrons. The molecule has 1 fully saturated rings. The van der Waals surface area contributed by atoms with Crippen molar-refractivity contribution in [3.05, 3.63) is 53.7 Å². The lowest BCUT2D eigenvalue weighted by molar-refractivity contribution is -0.129. The second-order valence-corrected chi connectivity index (χ2v) is 6.18. The molecule has 1 N–H and O–H groups in total. The average Bonchev–Trinajstić information content (AvgIpc) is 3.15. The van der Waals surface area contributed by atoms with Gasteiger partial charge in [-0.3, -0.25) is 14.6 Å². The third kappa shape index (κ3) is 3.64. The summed E-state index contributed by atoms with van der Waals surface area (Å²) in [5.41, 5.74) is 0.825. The van der Waals surface area contributed by atoms with Crippen LogP contribution in [-0.2, 0) is 16.1 Å². The van der Waals surface area contributed by atoms with Crippen LogP contribution >= 0.6 is 0 Å². The van der Waals surface area contributed by atoms with Crippen LogP contribution in [0.1, 0.15) is 36.6 Å². The number of nitrogens with zero attached hydrogens (tertiary/aromatic N) is 2. The van der Waals surface area contributed by atoms with Gasteiger partial charge in [-0.1, -0.05) is 6.07 Å². The quantitative estimate of drug-likeness (QED) is 0.913. The SMILES string of the molecule is Cc1ccc([C@@H](C)NC(=O)[C@H]2CC(=O)N(Cc3ccccn3)C2)o1. The van der Waals surface area contributed by atoms with Crippen molar-refractivity contribution in [3.63, 3.8) is 0 Å². The fraction of sp³-hybridized carbons (Fsp3) is 0.389. The van der Waals surface area contributed by atoms with E-state index in [1.54, 1.807) is 11.1 Å². The minimum Gasteiger partial charge on any atom is -0.464 e. The minimum absolute atomic E-state index is 0.0118. The first-order valence-electron chi connectivity index (χ1n) is 8.07. The highest BCUT2D eigenvalue weighted by Gasteiger charge is 2.35. The Balaban J connectivity index is 1.57. The molecule has 2 aromatic rings. The van der Waals surface area contributed by atoms with Crippen LogP contribution in [-0.4, -0.2) is 28.2 Å². The number of carbonyl (C=O) groups is 2. The monoisotopic (exact) mass is 327 g/mol. The predicted octanol–water partition coefficient (Wildman–Crippen LogP) is 2.21. The van der Waals surface area contributed by atoms with Crippen LogP contribution in [0.25, 0.3) is 0 Å². The summed E-state index contributed by atoms with van der Waals surface area (Å²) in [6, 6.07) is 9.11. The van der Waals surface area contributed by atoms with Gasteiger partial charge in [0.15, 0.2) is 0 Å². The number of aromatic nitrogens is 1. The van der Waals surface area contributed by atoms with Crippen molar-refractivity contribution in [3.8, 4) is 0 Å². The van der Waals surface area contributed by atoms with Gasteiger partial charge in [-0.15, -0.1) is 0 Å². The molecule has 126 valence electrons. The fourth-order valence-corrected chi connectivity index (χ4v) is 2.88. The van der Waals surface area contributed by atoms with E-state index in [0.29, 0.717) is 13.1 Å². The number of furan rings is 1. The van der Waals surface area contributed by atoms with Gasteiger partial charge in [0.25, 0.3) is 0 Å². The van der Waals surface area contributed by atoms with Gasteiger partial charge in [-0.25, -0.2) is 0 Å². The third-order valence-corrected chi connectivity index (χ3v) is 4.21. The van der Waals surface area contributed by atoms with E-state index in [2.05, 4.69) is 10.3 Å². The zero-order valence-corrected chi connectivity index (χ0v) is 13.9. The lowest BCUT2D eigenvalue weighted by atomic mass is 10.1. The molecule has 3 rings (SSSR count). The number of hydrogen-bond acceptors (Lipinski definition) is 4. The topological polar surface area (TPSA) is 75.4 Å². The van der Waals surface area contributed by atoms with Gasteiger partial charge < -0.3 is 14.6 Å². The van der Waals surface area contributed by atoms with Crippen molar-refractivity contribution in [2.45, 2.75) is 32.9 Å². The van der Waals surface area contributed by atoms with Gasteiger partial charge in [-0.05, 0) is 38.1 Å². The predicted molar refractivity (Wildman–Crippen MR) is 87.8 cm³/mol. The Morgan fingerprint density at radius 1 is 1.42 bits per heavy atom. The second-order valence-electron chi connectivity index (χ2n) is 6.18. The standard InChI is InChI=1S/C18H21N3O3/c1-12-6-7-16(24-12)13(2)20-18(23)14-9-17(22)21(10-14)11-15-5-3-4-8-19-15/h3-8,13-14H,9-11H2,1-2H3,(H,20,23)/t13-,14+/m1/s1. The van der Waals surface area contributed by atoms with Crippen LogP contribution in [0.5, 0.6) is 0 Å². The first kappa shape index (κ1) is 16.2. The Labute approximate surface area is 140 Å². The maximum atomic E-state index is 12.4. The smallest absolute Gasteiger partial charge is 0.226 e. The molecular formula is C18H21N3O3. The molecule has 0 aliphatic carbocycles. The summed E-state index contributed by atoms with van der Waals surface area (Å²) in [7, 11) is 0. The van der Waals surface area contributed by atoms with Gasteiger partial charge in [0.2, 0.25) is 11.8 Å². The third-order valence-electron chi connectivity index (χ3n) is 4.21. The Kier molecular flexibility index (Phi) is 4.64. The van der Waals surface area contributed by atoms with Gasteiger partial charge in [0, 0.05) is 19.2 Å². The summed E-state index contributed by atoms with van der Waals surface area (Å²) >= 11 is 0. The Morgan fingerprint density at radius 2 is 2.25 bits per heavy atom. The summed E-state index contributed by atoms with van der Waals surface area (Å²) in [6.45, 7) is 4.60. The summed E-state index contributed by atoms with van der Waals surface area (Å²) in [4.78, 5) is 30.5. The summed E-state index contributed by atoms with van der Waals surface area (Å²) in [5.74, 6) is 1.06. The van der Waals surface area contributed by atoms with Crippen LogP contribution in [0.3, 0.4) is 0 Å². The maximum Gasteiger partial charge on any atom is 0.226 e. The average molecular weight is 327 g/mol. The largest absolute Gasteiger partial charge is 0.464 e. The molecule has 24 heavy (non-hydrogen) atoms. The van der Waals surface area contributed by atoms with Gasteiger partial charge in [-0.2, -0.15) is 0 Å². The van der Waals surface area contributed by atoms with Crippen LogP contribution in [0.15, 0.2) is 40.9 Å². The summed E-state index contributed by atoms with van der Waals surface area (Å²) < 4.78 is 5.53. The lowest BCUT2D eigenvalue weighted by Crippen LogP contribution is -2.34. The van der Waals surface area contributed by atoms with Crippen molar-refractivity contribution in [1.82, 2.24) is 15.2 Å². The molecule has 0 unspecified atom stereocenters. The normalized spacial score (nSPS) is 18.7. The lowest BCUT2D eigenvalue weighted by Gasteiger charge is -2.17. The van der Waals surface area contributed by atoms with Crippen LogP contribution < -0.4 is 5.32 Å². The summed E-state index contributed by atoms with van der Waals surface area (Å²) in [5, 5.41) is 2.93. The van der Waals surface area contributed by atoms with E-state index in [4.69, 9.17) is 4.42 Å². The Hall–Kier alpha value is -2.63. The summed E-state index contributed by atoms with van der Waals surface area (Å²) in [6.07, 6.45) is 1.94. The van der Waals surface area contributed by atoms with E-state index in [0.717, 1.165) is 17.2 Å². The van der Waals surface area contributed by atoms with E-state index >= 15 is 0 Å². The molecule has 2 aromatic heterocycles. The highest BCUT2D eigenvalue weighted by atomic mass is 16.3. The molecule has 0 spiro atoms. The number of nitrogens with one attached hydrogen (secondary N) is 1. The molecule has 1 aliphatic heterocycles. The van der Waals surface area contributed by atoms with E-state index in [1.807, 2.05) is 44.2 Å². The zero-order chi connectivity index (χ0) is 17.1. The molecule has 1 saturated heterocycles. The first-order chi connectivity index (χ1) is 11.5. The second kappa shape index (κ2) is 6.86. The fourth-order valence-electron chi connectivity index (χ4n) is 2.88. The molecule has 6 nitrogen and oxygen atoms in total. The number of carbonyl (C=O) groups excluding carboxylic acids is 2. The molecule has 2 amide bonds. The Bertz CT molecular complexity index is 726. The number of aryl methyl sites for hydroxylation is 1. The van der Waals surface area contributed by atoms with E-state index in [1.165, 1.54) is 0 Å². The van der Waals surface area contributed by atoms with E-state index in [9.17, 15) is 9.59 Å². The van der Waals surface area contributed by atoms with Crippen molar-refractivity contribution < 1.29 is 14.0 Å². The van der Waals surface area contributed by atoms with Gasteiger partial charge in [0.1, 0.15) is 11.5 Å². The number of likely N-dealkylation sites (tertiary alicyclic amines) is 1. The van der Waals surface area contributed by atoms with Crippen LogP contribution in [0, 0.1) is 12.8 Å². The number of hydrogen-bond donors (Lipinski definition) is 1. The molecular weight excluding hydrogens is 306 g/mol. The minimum atomic E-state index is -0.334. The number of rotatable bonds is 5. The van der Waals surface area contributed by atoms with Crippen molar-refractivity contribution in [1.29, 1.82) is 0 Å². The van der Waals surface area contributed by atoms with Gasteiger partial charge >= 0.3 is 0 Å². The molecule has 6 heteroatoms. The van der Waals surface area contributed by atoms with Crippen LogP contribution in [0.4, 0.5) is 0 Å². The molecule has 0 aromatic carbocycles. The molecule has 0 saturated carbocycles. The highest BCUT2D eigenvalue weighted by molar-refractivity contribution is 5.89. The molecule has 2 atom stereocenters. The van der Waals surface area contributed by atoms with E-state index < -0.39 is 0 Å². The van der Waals surface area contributed by atoms with Crippen molar-refractivity contribution in [2.24, 2.45) is 5.92 Å². The van der Waals surface area contributed by atoms with Crippen molar-refractivity contribution in [2.75, 3.05) is 6.54 Å². The Morgan fingerprint density at radius 3 is 2.92 bits per heavy atom. The molecule has 0 bridgehead atoms. The zero-order valence-electron chi connectivity index (χ0n) is 13.9. The number of amides is 2. The van der Waals surface area contributed by atoms with E-state index in [-0.39, 0.29) is 30.2 Å². The molecule has 3 heterocycles. The first-order valence-corrected chi connectivity index (χ1v) is 8.07. The van der Waals surface area contributed by atoms with Crippen LogP contribution in [0.2, 0.25) is 0 Å². The number of pyridine rings is 1. The molecule has 1 aliphatic rings.